The van der Waals surface area contributed by atoms with Crippen LogP contribution in [0.2, 0.25) is 0 Å². The van der Waals surface area contributed by atoms with Crippen molar-refractivity contribution in [1.82, 2.24) is 5.32 Å². The van der Waals surface area contributed by atoms with Crippen LogP contribution in [0.4, 0.5) is 0 Å². The first-order chi connectivity index (χ1) is 9.61. The Morgan fingerprint density at radius 3 is 2.50 bits per heavy atom. The zero-order valence-corrected chi connectivity index (χ0v) is 12.9. The van der Waals surface area contributed by atoms with Crippen LogP contribution in [0.15, 0.2) is 29.3 Å². The molecule has 0 amide bonds. The van der Waals surface area contributed by atoms with Crippen LogP contribution in [0.5, 0.6) is 0 Å². The maximum atomic E-state index is 5.82. The molecule has 0 fully saturated rings. The number of nitrogens with two attached hydrogens (primary N) is 1. The second-order valence-corrected chi connectivity index (χ2v) is 5.26. The molecule has 0 aliphatic heterocycles. The van der Waals surface area contributed by atoms with Gasteiger partial charge in [-0.25, -0.2) is 4.99 Å². The van der Waals surface area contributed by atoms with Crippen LogP contribution in [0.25, 0.3) is 0 Å². The van der Waals surface area contributed by atoms with Crippen LogP contribution in [0, 0.1) is 5.92 Å². The molecule has 112 valence electrons. The molecule has 0 aliphatic carbocycles. The molecule has 1 aromatic carbocycles. The molecule has 0 bridgehead atoms. The Balaban J connectivity index is 2.36. The minimum Gasteiger partial charge on any atom is -0.377 e. The van der Waals surface area contributed by atoms with E-state index in [4.69, 9.17) is 10.5 Å². The summed E-state index contributed by atoms with van der Waals surface area (Å²) in [7, 11) is 0. The molecular weight excluding hydrogens is 250 g/mol. The maximum Gasteiger partial charge on any atom is 0.188 e. The number of ether oxygens (including phenoxy) is 1. The first-order valence-electron chi connectivity index (χ1n) is 7.31. The normalized spacial score (nSPS) is 11.9. The fourth-order valence-corrected chi connectivity index (χ4v) is 1.68. The molecule has 0 heterocycles. The molecule has 0 saturated carbocycles. The first kappa shape index (κ1) is 16.5. The van der Waals surface area contributed by atoms with E-state index in [1.54, 1.807) is 0 Å². The first-order valence-corrected chi connectivity index (χ1v) is 7.31. The van der Waals surface area contributed by atoms with Gasteiger partial charge in [0.05, 0.1) is 13.2 Å². The Bertz CT molecular complexity index is 399. The molecule has 0 saturated heterocycles. The topological polar surface area (TPSA) is 59.6 Å². The molecule has 0 aliphatic rings. The van der Waals surface area contributed by atoms with Gasteiger partial charge in [-0.2, -0.15) is 0 Å². The Morgan fingerprint density at radius 2 is 1.90 bits per heavy atom. The van der Waals surface area contributed by atoms with Gasteiger partial charge in [-0.1, -0.05) is 38.1 Å². The fraction of sp³-hybridized carbons (Fsp3) is 0.562. The number of rotatable bonds is 8. The molecule has 0 radical (unpaired) electrons. The van der Waals surface area contributed by atoms with E-state index in [-0.39, 0.29) is 0 Å². The second kappa shape index (κ2) is 9.37. The van der Waals surface area contributed by atoms with Gasteiger partial charge in [-0.05, 0) is 30.4 Å². The van der Waals surface area contributed by atoms with E-state index in [2.05, 4.69) is 48.4 Å². The summed E-state index contributed by atoms with van der Waals surface area (Å²) in [5.41, 5.74) is 8.16. The third kappa shape index (κ3) is 7.14. The maximum absolute atomic E-state index is 5.82. The Hall–Kier alpha value is -1.55. The Labute approximate surface area is 122 Å². The van der Waals surface area contributed by atoms with Gasteiger partial charge in [0.1, 0.15) is 0 Å². The number of guanidine groups is 1. The van der Waals surface area contributed by atoms with Crippen molar-refractivity contribution in [1.29, 1.82) is 0 Å². The average Bonchev–Trinajstić information content (AvgIpc) is 2.43. The van der Waals surface area contributed by atoms with Crippen molar-refractivity contribution in [3.05, 3.63) is 35.4 Å². The summed E-state index contributed by atoms with van der Waals surface area (Å²) < 4.78 is 5.36. The number of hydrogen-bond acceptors (Lipinski definition) is 2. The van der Waals surface area contributed by atoms with Crippen LogP contribution in [0.3, 0.4) is 0 Å². The van der Waals surface area contributed by atoms with E-state index >= 15 is 0 Å². The lowest BCUT2D eigenvalue weighted by Crippen LogP contribution is -2.32. The Kier molecular flexibility index (Phi) is 7.73. The van der Waals surface area contributed by atoms with Gasteiger partial charge in [-0.15, -0.1) is 0 Å². The van der Waals surface area contributed by atoms with Gasteiger partial charge in [0.2, 0.25) is 0 Å². The van der Waals surface area contributed by atoms with Crippen LogP contribution >= 0.6 is 0 Å². The van der Waals surface area contributed by atoms with Gasteiger partial charge < -0.3 is 15.8 Å². The molecular formula is C16H27N3O. The number of aliphatic imine (C=N–C) groups is 1. The number of nitrogens with one attached hydrogen (secondary N) is 1. The predicted molar refractivity (Wildman–Crippen MR) is 84.6 cm³/mol. The van der Waals surface area contributed by atoms with Crippen LogP contribution in [-0.4, -0.2) is 19.1 Å². The summed E-state index contributed by atoms with van der Waals surface area (Å²) in [5.74, 6) is 1.19. The number of benzene rings is 1. The van der Waals surface area contributed by atoms with Crippen LogP contribution < -0.4 is 11.1 Å². The van der Waals surface area contributed by atoms with Crippen LogP contribution in [-0.2, 0) is 17.9 Å². The molecule has 3 N–H and O–H groups in total. The largest absolute Gasteiger partial charge is 0.377 e. The minimum atomic E-state index is 0.518. The van der Waals surface area contributed by atoms with Gasteiger partial charge in [-0.3, -0.25) is 0 Å². The zero-order valence-electron chi connectivity index (χ0n) is 12.9. The van der Waals surface area contributed by atoms with Crippen molar-refractivity contribution in [2.75, 3.05) is 13.2 Å². The minimum absolute atomic E-state index is 0.518. The lowest BCUT2D eigenvalue weighted by Gasteiger charge is -2.07. The smallest absolute Gasteiger partial charge is 0.188 e. The third-order valence-corrected chi connectivity index (χ3v) is 2.96. The van der Waals surface area contributed by atoms with Gasteiger partial charge in [0.15, 0.2) is 5.96 Å². The highest BCUT2D eigenvalue weighted by Crippen LogP contribution is 2.07. The van der Waals surface area contributed by atoms with Crippen molar-refractivity contribution >= 4 is 5.96 Å². The van der Waals surface area contributed by atoms with Crippen molar-refractivity contribution in [2.24, 2.45) is 16.6 Å². The summed E-state index contributed by atoms with van der Waals surface area (Å²) in [6.45, 7) is 9.27. The number of nitrogens with zero attached hydrogens (tertiary/aromatic N) is 1. The van der Waals surface area contributed by atoms with Crippen molar-refractivity contribution < 1.29 is 4.74 Å². The molecule has 4 nitrogen and oxygen atoms in total. The highest BCUT2D eigenvalue weighted by Gasteiger charge is 1.97. The van der Waals surface area contributed by atoms with Gasteiger partial charge in [0, 0.05) is 13.2 Å². The van der Waals surface area contributed by atoms with E-state index in [9.17, 15) is 0 Å². The average molecular weight is 277 g/mol. The van der Waals surface area contributed by atoms with E-state index in [1.807, 2.05) is 6.92 Å². The van der Waals surface area contributed by atoms with E-state index in [0.29, 0.717) is 25.0 Å². The monoisotopic (exact) mass is 277 g/mol. The summed E-state index contributed by atoms with van der Waals surface area (Å²) in [6.07, 6.45) is 1.10. The summed E-state index contributed by atoms with van der Waals surface area (Å²) in [5, 5.41) is 3.13. The van der Waals surface area contributed by atoms with E-state index in [1.165, 1.54) is 5.56 Å². The standard InChI is InChI=1S/C16H27N3O/c1-4-20-12-15-7-5-14(6-8-15)11-19-16(17)18-10-9-13(2)3/h5-8,13H,4,9-12H2,1-3H3,(H3,17,18,19). The Morgan fingerprint density at radius 1 is 1.25 bits per heavy atom. The van der Waals surface area contributed by atoms with Gasteiger partial charge >= 0.3 is 0 Å². The van der Waals surface area contributed by atoms with Gasteiger partial charge in [0.25, 0.3) is 0 Å². The summed E-state index contributed by atoms with van der Waals surface area (Å²) >= 11 is 0. The second-order valence-electron chi connectivity index (χ2n) is 5.26. The molecule has 1 aromatic rings. The molecule has 0 spiro atoms. The zero-order chi connectivity index (χ0) is 14.8. The molecule has 0 atom stereocenters. The quantitative estimate of drug-likeness (QED) is 0.567. The lowest BCUT2D eigenvalue weighted by atomic mass is 10.1. The molecule has 20 heavy (non-hydrogen) atoms. The molecule has 0 aromatic heterocycles. The highest BCUT2D eigenvalue weighted by atomic mass is 16.5. The predicted octanol–water partition coefficient (Wildman–Crippen LogP) is 2.67. The number of hydrogen-bond donors (Lipinski definition) is 2. The molecule has 1 rings (SSSR count). The van der Waals surface area contributed by atoms with E-state index < -0.39 is 0 Å². The summed E-state index contributed by atoms with van der Waals surface area (Å²) in [4.78, 5) is 4.34. The highest BCUT2D eigenvalue weighted by molar-refractivity contribution is 5.77. The molecule has 0 unspecified atom stereocenters. The van der Waals surface area contributed by atoms with Crippen molar-refractivity contribution in [3.8, 4) is 0 Å². The molecule has 4 heteroatoms. The summed E-state index contributed by atoms with van der Waals surface area (Å²) in [6, 6.07) is 8.28. The SMILES string of the molecule is CCOCc1ccc(CN=C(N)NCCC(C)C)cc1. The third-order valence-electron chi connectivity index (χ3n) is 2.96. The fourth-order valence-electron chi connectivity index (χ4n) is 1.68. The van der Waals surface area contributed by atoms with Crippen molar-refractivity contribution in [2.45, 2.75) is 40.3 Å². The van der Waals surface area contributed by atoms with Crippen molar-refractivity contribution in [3.63, 3.8) is 0 Å². The lowest BCUT2D eigenvalue weighted by molar-refractivity contribution is 0.134. The van der Waals surface area contributed by atoms with Crippen LogP contribution in [0.1, 0.15) is 38.3 Å². The van der Waals surface area contributed by atoms with E-state index in [0.717, 1.165) is 25.1 Å².